The highest BCUT2D eigenvalue weighted by molar-refractivity contribution is 5.72. The number of nitrogens with zero attached hydrogens (tertiary/aromatic N) is 2. The number of nitrogens with one attached hydrogen (secondary N) is 1. The maximum Gasteiger partial charge on any atom is 0.216 e. The zero-order valence-corrected chi connectivity index (χ0v) is 11.3. The van der Waals surface area contributed by atoms with Crippen molar-refractivity contribution >= 4 is 5.91 Å². The molecule has 0 saturated carbocycles. The van der Waals surface area contributed by atoms with Crippen molar-refractivity contribution in [1.82, 2.24) is 14.9 Å². The SMILES string of the molecule is CC(=O)NCCn1ccnc1[C@H](C)c1ccccc1. The van der Waals surface area contributed by atoms with Crippen LogP contribution < -0.4 is 5.32 Å². The van der Waals surface area contributed by atoms with E-state index in [0.29, 0.717) is 6.54 Å². The van der Waals surface area contributed by atoms with Crippen molar-refractivity contribution in [3.8, 4) is 0 Å². The number of amides is 1. The molecule has 100 valence electrons. The lowest BCUT2D eigenvalue weighted by molar-refractivity contribution is -0.118. The van der Waals surface area contributed by atoms with Gasteiger partial charge in [-0.05, 0) is 5.56 Å². The minimum Gasteiger partial charge on any atom is -0.355 e. The highest BCUT2D eigenvalue weighted by Gasteiger charge is 2.13. The lowest BCUT2D eigenvalue weighted by Gasteiger charge is -2.14. The molecule has 2 rings (SSSR count). The van der Waals surface area contributed by atoms with Gasteiger partial charge in [-0.1, -0.05) is 37.3 Å². The van der Waals surface area contributed by atoms with Gasteiger partial charge in [0, 0.05) is 38.3 Å². The molecule has 1 aromatic heterocycles. The summed E-state index contributed by atoms with van der Waals surface area (Å²) in [4.78, 5) is 15.3. The van der Waals surface area contributed by atoms with E-state index in [0.717, 1.165) is 12.4 Å². The van der Waals surface area contributed by atoms with E-state index in [1.165, 1.54) is 12.5 Å². The molecule has 1 aromatic carbocycles. The first-order valence-corrected chi connectivity index (χ1v) is 6.49. The standard InChI is InChI=1S/C15H19N3O/c1-12(14-6-4-3-5-7-14)15-17-9-11-18(15)10-8-16-13(2)19/h3-7,9,11-12H,8,10H2,1-2H3,(H,16,19)/t12-/m1/s1. The molecular formula is C15H19N3O. The summed E-state index contributed by atoms with van der Waals surface area (Å²) in [6.07, 6.45) is 3.76. The Hall–Kier alpha value is -2.10. The van der Waals surface area contributed by atoms with E-state index < -0.39 is 0 Å². The van der Waals surface area contributed by atoms with Crippen LogP contribution in [-0.4, -0.2) is 22.0 Å². The van der Waals surface area contributed by atoms with Crippen LogP contribution >= 0.6 is 0 Å². The Morgan fingerprint density at radius 3 is 2.79 bits per heavy atom. The van der Waals surface area contributed by atoms with Gasteiger partial charge in [0.05, 0.1) is 0 Å². The largest absolute Gasteiger partial charge is 0.355 e. The summed E-state index contributed by atoms with van der Waals surface area (Å²) in [5.41, 5.74) is 1.24. The molecule has 1 heterocycles. The fourth-order valence-electron chi connectivity index (χ4n) is 2.13. The van der Waals surface area contributed by atoms with E-state index in [-0.39, 0.29) is 11.8 Å². The molecular weight excluding hydrogens is 238 g/mol. The zero-order valence-electron chi connectivity index (χ0n) is 11.3. The summed E-state index contributed by atoms with van der Waals surface area (Å²) < 4.78 is 2.09. The number of hydrogen-bond acceptors (Lipinski definition) is 2. The maximum absolute atomic E-state index is 10.9. The second-order valence-electron chi connectivity index (χ2n) is 4.59. The fourth-order valence-corrected chi connectivity index (χ4v) is 2.13. The third-order valence-corrected chi connectivity index (χ3v) is 3.16. The van der Waals surface area contributed by atoms with E-state index in [1.54, 1.807) is 0 Å². The molecule has 4 heteroatoms. The Bertz CT molecular complexity index is 533. The highest BCUT2D eigenvalue weighted by Crippen LogP contribution is 2.22. The van der Waals surface area contributed by atoms with Crippen LogP contribution in [0.15, 0.2) is 42.7 Å². The molecule has 0 saturated heterocycles. The van der Waals surface area contributed by atoms with Crippen LogP contribution in [0.1, 0.15) is 31.2 Å². The maximum atomic E-state index is 10.9. The highest BCUT2D eigenvalue weighted by atomic mass is 16.1. The van der Waals surface area contributed by atoms with Gasteiger partial charge in [-0.15, -0.1) is 0 Å². The minimum atomic E-state index is -0.00206. The van der Waals surface area contributed by atoms with Crippen molar-refractivity contribution in [2.75, 3.05) is 6.54 Å². The molecule has 0 radical (unpaired) electrons. The predicted octanol–water partition coefficient (Wildman–Crippen LogP) is 2.17. The molecule has 0 unspecified atom stereocenters. The molecule has 0 aliphatic carbocycles. The lowest BCUT2D eigenvalue weighted by atomic mass is 10.0. The molecule has 1 atom stereocenters. The van der Waals surface area contributed by atoms with Crippen molar-refractivity contribution in [3.05, 3.63) is 54.1 Å². The van der Waals surface area contributed by atoms with Crippen LogP contribution in [0.2, 0.25) is 0 Å². The Labute approximate surface area is 113 Å². The second-order valence-corrected chi connectivity index (χ2v) is 4.59. The number of aromatic nitrogens is 2. The van der Waals surface area contributed by atoms with Gasteiger partial charge >= 0.3 is 0 Å². The second kappa shape index (κ2) is 6.18. The van der Waals surface area contributed by atoms with E-state index in [1.807, 2.05) is 30.6 Å². The summed E-state index contributed by atoms with van der Waals surface area (Å²) in [6.45, 7) is 5.04. The summed E-state index contributed by atoms with van der Waals surface area (Å²) in [6, 6.07) is 10.3. The van der Waals surface area contributed by atoms with Gasteiger partial charge in [0.15, 0.2) is 0 Å². The van der Waals surface area contributed by atoms with Crippen molar-refractivity contribution < 1.29 is 4.79 Å². The molecule has 4 nitrogen and oxygen atoms in total. The van der Waals surface area contributed by atoms with Crippen LogP contribution in [-0.2, 0) is 11.3 Å². The quantitative estimate of drug-likeness (QED) is 0.892. The van der Waals surface area contributed by atoms with Gasteiger partial charge in [0.1, 0.15) is 5.82 Å². The molecule has 1 amide bonds. The van der Waals surface area contributed by atoms with Crippen molar-refractivity contribution in [2.24, 2.45) is 0 Å². The van der Waals surface area contributed by atoms with Gasteiger partial charge in [0.25, 0.3) is 0 Å². The smallest absolute Gasteiger partial charge is 0.216 e. The lowest BCUT2D eigenvalue weighted by Crippen LogP contribution is -2.25. The number of benzene rings is 1. The first kappa shape index (κ1) is 13.3. The third-order valence-electron chi connectivity index (χ3n) is 3.16. The number of carbonyl (C=O) groups excluding carboxylic acids is 1. The van der Waals surface area contributed by atoms with Crippen molar-refractivity contribution in [3.63, 3.8) is 0 Å². The topological polar surface area (TPSA) is 46.9 Å². The average Bonchev–Trinajstić information content (AvgIpc) is 2.87. The Morgan fingerprint density at radius 2 is 2.11 bits per heavy atom. The van der Waals surface area contributed by atoms with Crippen LogP contribution in [0.5, 0.6) is 0 Å². The van der Waals surface area contributed by atoms with E-state index >= 15 is 0 Å². The molecule has 0 bridgehead atoms. The van der Waals surface area contributed by atoms with Crippen LogP contribution in [0, 0.1) is 0 Å². The molecule has 2 aromatic rings. The predicted molar refractivity (Wildman–Crippen MR) is 74.9 cm³/mol. The molecule has 0 spiro atoms. The van der Waals surface area contributed by atoms with E-state index in [4.69, 9.17) is 0 Å². The first-order chi connectivity index (χ1) is 9.18. The molecule has 1 N–H and O–H groups in total. The number of carbonyl (C=O) groups is 1. The average molecular weight is 257 g/mol. The summed E-state index contributed by atoms with van der Waals surface area (Å²) >= 11 is 0. The Balaban J connectivity index is 2.08. The van der Waals surface area contributed by atoms with E-state index in [2.05, 4.69) is 33.9 Å². The van der Waals surface area contributed by atoms with E-state index in [9.17, 15) is 4.79 Å². The van der Waals surface area contributed by atoms with Crippen molar-refractivity contribution in [2.45, 2.75) is 26.3 Å². The van der Waals surface area contributed by atoms with Crippen LogP contribution in [0.4, 0.5) is 0 Å². The molecule has 0 aliphatic rings. The summed E-state index contributed by atoms with van der Waals surface area (Å²) in [7, 11) is 0. The van der Waals surface area contributed by atoms with Crippen molar-refractivity contribution in [1.29, 1.82) is 0 Å². The van der Waals surface area contributed by atoms with Gasteiger partial charge in [0.2, 0.25) is 5.91 Å². The number of imidazole rings is 1. The monoisotopic (exact) mass is 257 g/mol. The van der Waals surface area contributed by atoms with Gasteiger partial charge < -0.3 is 9.88 Å². The van der Waals surface area contributed by atoms with Gasteiger partial charge in [-0.25, -0.2) is 4.98 Å². The number of rotatable bonds is 5. The molecule has 0 fully saturated rings. The molecule has 19 heavy (non-hydrogen) atoms. The Kier molecular flexibility index (Phi) is 4.34. The Morgan fingerprint density at radius 1 is 1.37 bits per heavy atom. The summed E-state index contributed by atoms with van der Waals surface area (Å²) in [5.74, 6) is 1.27. The minimum absolute atomic E-state index is 0.00206. The fraction of sp³-hybridized carbons (Fsp3) is 0.333. The van der Waals surface area contributed by atoms with Gasteiger partial charge in [-0.2, -0.15) is 0 Å². The third kappa shape index (κ3) is 3.44. The normalized spacial score (nSPS) is 12.1. The number of hydrogen-bond donors (Lipinski definition) is 1. The van der Waals surface area contributed by atoms with Crippen LogP contribution in [0.25, 0.3) is 0 Å². The van der Waals surface area contributed by atoms with Gasteiger partial charge in [-0.3, -0.25) is 4.79 Å². The first-order valence-electron chi connectivity index (χ1n) is 6.49. The molecule has 0 aliphatic heterocycles. The summed E-state index contributed by atoms with van der Waals surface area (Å²) in [5, 5.41) is 2.80. The zero-order chi connectivity index (χ0) is 13.7. The van der Waals surface area contributed by atoms with Crippen LogP contribution in [0.3, 0.4) is 0 Å².